The van der Waals surface area contributed by atoms with Crippen molar-refractivity contribution in [1.29, 1.82) is 0 Å². The molecule has 2 unspecified atom stereocenters. The second-order valence-corrected chi connectivity index (χ2v) is 8.92. The second-order valence-electron chi connectivity index (χ2n) is 6.69. The van der Waals surface area contributed by atoms with Gasteiger partial charge in [-0.15, -0.1) is 0 Å². The van der Waals surface area contributed by atoms with Gasteiger partial charge in [0.05, 0.1) is 11.5 Å². The Labute approximate surface area is 118 Å². The van der Waals surface area contributed by atoms with Crippen molar-refractivity contribution in [1.82, 2.24) is 5.32 Å². The predicted octanol–water partition coefficient (Wildman–Crippen LogP) is 1.85. The summed E-state index contributed by atoms with van der Waals surface area (Å²) in [5, 5.41) is 3.52. The molecule has 0 aromatic heterocycles. The topological polar surface area (TPSA) is 55.4 Å². The molecule has 114 valence electrons. The van der Waals surface area contributed by atoms with E-state index < -0.39 is 9.84 Å². The van der Waals surface area contributed by atoms with Crippen molar-refractivity contribution in [3.05, 3.63) is 0 Å². The average molecular weight is 291 g/mol. The first kappa shape index (κ1) is 16.9. The van der Waals surface area contributed by atoms with Gasteiger partial charge in [-0.1, -0.05) is 0 Å². The summed E-state index contributed by atoms with van der Waals surface area (Å²) in [5.74, 6) is 1.49. The number of nitrogens with one attached hydrogen (secondary N) is 1. The van der Waals surface area contributed by atoms with Gasteiger partial charge in [0.2, 0.25) is 0 Å². The van der Waals surface area contributed by atoms with Gasteiger partial charge in [-0.25, -0.2) is 8.42 Å². The Kier molecular flexibility index (Phi) is 6.27. The molecule has 19 heavy (non-hydrogen) atoms. The van der Waals surface area contributed by atoms with Gasteiger partial charge in [-0.2, -0.15) is 0 Å². The number of sulfone groups is 1. The van der Waals surface area contributed by atoms with E-state index in [2.05, 4.69) is 26.1 Å². The fourth-order valence-corrected chi connectivity index (χ4v) is 4.55. The molecule has 4 nitrogen and oxygen atoms in total. The van der Waals surface area contributed by atoms with Crippen LogP contribution in [0, 0.1) is 11.8 Å². The van der Waals surface area contributed by atoms with Crippen LogP contribution in [0.15, 0.2) is 0 Å². The van der Waals surface area contributed by atoms with Crippen molar-refractivity contribution in [2.45, 2.75) is 45.6 Å². The van der Waals surface area contributed by atoms with E-state index in [0.29, 0.717) is 23.3 Å². The van der Waals surface area contributed by atoms with Gasteiger partial charge in [0.1, 0.15) is 0 Å². The number of hydrogen-bond donors (Lipinski definition) is 1. The zero-order valence-electron chi connectivity index (χ0n) is 12.7. The Hall–Kier alpha value is -0.130. The highest BCUT2D eigenvalue weighted by Gasteiger charge is 2.33. The molecule has 0 aromatic carbocycles. The van der Waals surface area contributed by atoms with Crippen molar-refractivity contribution in [2.75, 3.05) is 31.8 Å². The van der Waals surface area contributed by atoms with Crippen LogP contribution in [0.3, 0.4) is 0 Å². The van der Waals surface area contributed by atoms with Crippen molar-refractivity contribution in [3.63, 3.8) is 0 Å². The summed E-state index contributed by atoms with van der Waals surface area (Å²) in [6.45, 7) is 8.08. The molecule has 0 aromatic rings. The van der Waals surface area contributed by atoms with E-state index in [4.69, 9.17) is 4.74 Å². The Bertz CT molecular complexity index is 359. The third-order valence-electron chi connectivity index (χ3n) is 3.75. The average Bonchev–Trinajstić information content (AvgIpc) is 2.62. The van der Waals surface area contributed by atoms with Gasteiger partial charge in [0, 0.05) is 19.3 Å². The predicted molar refractivity (Wildman–Crippen MR) is 79.1 cm³/mol. The van der Waals surface area contributed by atoms with Crippen LogP contribution >= 0.6 is 0 Å². The molecule has 0 radical (unpaired) electrons. The molecule has 1 aliphatic rings. The minimum absolute atomic E-state index is 0.0803. The van der Waals surface area contributed by atoms with E-state index in [0.717, 1.165) is 32.4 Å². The van der Waals surface area contributed by atoms with Gasteiger partial charge in [-0.05, 0) is 58.4 Å². The van der Waals surface area contributed by atoms with Gasteiger partial charge < -0.3 is 10.1 Å². The largest absolute Gasteiger partial charge is 0.385 e. The van der Waals surface area contributed by atoms with E-state index in [1.807, 2.05) is 0 Å². The zero-order chi connectivity index (χ0) is 14.5. The normalized spacial score (nSPS) is 24.5. The van der Waals surface area contributed by atoms with Crippen LogP contribution in [0.4, 0.5) is 0 Å². The number of methoxy groups -OCH3 is 1. The van der Waals surface area contributed by atoms with Crippen molar-refractivity contribution in [3.8, 4) is 0 Å². The molecule has 1 fully saturated rings. The van der Waals surface area contributed by atoms with Crippen molar-refractivity contribution < 1.29 is 13.2 Å². The van der Waals surface area contributed by atoms with Crippen LogP contribution in [-0.4, -0.2) is 45.7 Å². The van der Waals surface area contributed by atoms with Crippen LogP contribution in [-0.2, 0) is 14.6 Å². The first-order chi connectivity index (χ1) is 8.73. The quantitative estimate of drug-likeness (QED) is 0.727. The third-order valence-corrected chi connectivity index (χ3v) is 5.55. The maximum atomic E-state index is 11.6. The SMILES string of the molecule is COCCCC(CNC(C)(C)C)C1CCS(=O)(=O)C1. The van der Waals surface area contributed by atoms with Crippen molar-refractivity contribution >= 4 is 9.84 Å². The number of rotatable bonds is 7. The molecule has 1 aliphatic heterocycles. The molecule has 0 amide bonds. The summed E-state index contributed by atoms with van der Waals surface area (Å²) in [6.07, 6.45) is 2.87. The molecule has 0 bridgehead atoms. The highest BCUT2D eigenvalue weighted by molar-refractivity contribution is 7.91. The summed E-state index contributed by atoms with van der Waals surface area (Å²) >= 11 is 0. The van der Waals surface area contributed by atoms with Gasteiger partial charge >= 0.3 is 0 Å². The van der Waals surface area contributed by atoms with Gasteiger partial charge in [-0.3, -0.25) is 0 Å². The molecule has 1 heterocycles. The minimum atomic E-state index is -2.78. The molecule has 5 heteroatoms. The fourth-order valence-electron chi connectivity index (χ4n) is 2.63. The lowest BCUT2D eigenvalue weighted by Crippen LogP contribution is -2.41. The fraction of sp³-hybridized carbons (Fsp3) is 1.00. The van der Waals surface area contributed by atoms with Gasteiger partial charge in [0.25, 0.3) is 0 Å². The molecule has 0 spiro atoms. The molecule has 1 N–H and O–H groups in total. The summed E-state index contributed by atoms with van der Waals surface area (Å²) in [4.78, 5) is 0. The first-order valence-electron chi connectivity index (χ1n) is 7.18. The van der Waals surface area contributed by atoms with Crippen LogP contribution in [0.25, 0.3) is 0 Å². The van der Waals surface area contributed by atoms with E-state index in [-0.39, 0.29) is 5.54 Å². The van der Waals surface area contributed by atoms with E-state index >= 15 is 0 Å². The Morgan fingerprint density at radius 2 is 2.05 bits per heavy atom. The van der Waals surface area contributed by atoms with Crippen LogP contribution in [0.2, 0.25) is 0 Å². The lowest BCUT2D eigenvalue weighted by atomic mass is 9.87. The molecule has 2 atom stereocenters. The maximum Gasteiger partial charge on any atom is 0.150 e. The molecule has 0 aliphatic carbocycles. The molecular formula is C14H29NO3S. The van der Waals surface area contributed by atoms with E-state index in [9.17, 15) is 8.42 Å². The summed E-state index contributed by atoms with van der Waals surface area (Å²) in [5.41, 5.74) is 0.0803. The molecule has 1 rings (SSSR count). The lowest BCUT2D eigenvalue weighted by Gasteiger charge is -2.28. The molecule has 0 saturated carbocycles. The van der Waals surface area contributed by atoms with E-state index in [1.165, 1.54) is 0 Å². The Balaban J connectivity index is 2.54. The van der Waals surface area contributed by atoms with E-state index in [1.54, 1.807) is 7.11 Å². The summed E-state index contributed by atoms with van der Waals surface area (Å²) in [7, 11) is -1.07. The van der Waals surface area contributed by atoms with Crippen molar-refractivity contribution in [2.24, 2.45) is 11.8 Å². The highest BCUT2D eigenvalue weighted by Crippen LogP contribution is 2.29. The second kappa shape index (κ2) is 7.04. The smallest absolute Gasteiger partial charge is 0.150 e. The zero-order valence-corrected chi connectivity index (χ0v) is 13.6. The third kappa shape index (κ3) is 6.72. The van der Waals surface area contributed by atoms with Gasteiger partial charge in [0.15, 0.2) is 9.84 Å². The maximum absolute atomic E-state index is 11.6. The van der Waals surface area contributed by atoms with Crippen LogP contribution in [0.1, 0.15) is 40.0 Å². The highest BCUT2D eigenvalue weighted by atomic mass is 32.2. The first-order valence-corrected chi connectivity index (χ1v) is 9.00. The summed E-state index contributed by atoms with van der Waals surface area (Å²) < 4.78 is 28.4. The summed E-state index contributed by atoms with van der Waals surface area (Å²) in [6, 6.07) is 0. The number of hydrogen-bond acceptors (Lipinski definition) is 4. The molecular weight excluding hydrogens is 262 g/mol. The van der Waals surface area contributed by atoms with Crippen LogP contribution in [0.5, 0.6) is 0 Å². The number of ether oxygens (including phenoxy) is 1. The minimum Gasteiger partial charge on any atom is -0.385 e. The standard InChI is InChI=1S/C14H29NO3S/c1-14(2,3)15-10-12(6-5-8-18-4)13-7-9-19(16,17)11-13/h12-13,15H,5-11H2,1-4H3. The Morgan fingerprint density at radius 3 is 2.53 bits per heavy atom. The molecule has 1 saturated heterocycles. The van der Waals surface area contributed by atoms with Crippen LogP contribution < -0.4 is 5.32 Å². The monoisotopic (exact) mass is 291 g/mol. The lowest BCUT2D eigenvalue weighted by molar-refractivity contribution is 0.178. The Morgan fingerprint density at radius 1 is 1.37 bits per heavy atom.